The number of aliphatic hydroxyl groups excluding tert-OH is 1. The molecule has 2 rings (SSSR count). The molecule has 1 atom stereocenters. The van der Waals surface area contributed by atoms with E-state index in [-0.39, 0.29) is 6.10 Å². The van der Waals surface area contributed by atoms with E-state index in [9.17, 15) is 5.11 Å². The van der Waals surface area contributed by atoms with Crippen LogP contribution in [0.5, 0.6) is 0 Å². The van der Waals surface area contributed by atoms with Gasteiger partial charge in [-0.2, -0.15) is 0 Å². The number of hydrogen-bond donors (Lipinski definition) is 1. The van der Waals surface area contributed by atoms with Crippen LogP contribution >= 0.6 is 0 Å². The van der Waals surface area contributed by atoms with Crippen LogP contribution in [0.25, 0.3) is 0 Å². The normalized spacial score (nSPS) is 19.1. The molecule has 1 unspecified atom stereocenters. The third-order valence-electron chi connectivity index (χ3n) is 4.85. The maximum atomic E-state index is 10.4. The molecule has 1 aromatic carbocycles. The van der Waals surface area contributed by atoms with E-state index >= 15 is 0 Å². The van der Waals surface area contributed by atoms with Crippen LogP contribution in [0.2, 0.25) is 0 Å². The molecule has 0 radical (unpaired) electrons. The second-order valence-electron chi connectivity index (χ2n) is 6.68. The van der Waals surface area contributed by atoms with Crippen molar-refractivity contribution in [1.29, 1.82) is 0 Å². The van der Waals surface area contributed by atoms with Crippen LogP contribution in [0, 0.1) is 13.8 Å². The Labute approximate surface area is 129 Å². The Bertz CT molecular complexity index is 453. The van der Waals surface area contributed by atoms with Crippen molar-refractivity contribution in [2.75, 3.05) is 33.7 Å². The quantitative estimate of drug-likeness (QED) is 0.903. The first kappa shape index (κ1) is 16.5. The number of nitrogens with zero attached hydrogens (tertiary/aromatic N) is 2. The van der Waals surface area contributed by atoms with Crippen LogP contribution in [0.3, 0.4) is 0 Å². The first-order chi connectivity index (χ1) is 9.97. The fraction of sp³-hybridized carbons (Fsp3) is 0.667. The van der Waals surface area contributed by atoms with Crippen molar-refractivity contribution in [2.24, 2.45) is 0 Å². The lowest BCUT2D eigenvalue weighted by atomic mass is 9.98. The van der Waals surface area contributed by atoms with E-state index in [1.807, 2.05) is 0 Å². The zero-order chi connectivity index (χ0) is 15.4. The fourth-order valence-electron chi connectivity index (χ4n) is 3.30. The van der Waals surface area contributed by atoms with E-state index in [4.69, 9.17) is 0 Å². The molecule has 0 spiro atoms. The minimum Gasteiger partial charge on any atom is -0.388 e. The number of hydrogen-bond acceptors (Lipinski definition) is 3. The molecule has 0 saturated carbocycles. The summed E-state index contributed by atoms with van der Waals surface area (Å²) in [6.07, 6.45) is 2.95. The van der Waals surface area contributed by atoms with Gasteiger partial charge in [0.05, 0.1) is 6.10 Å². The lowest BCUT2D eigenvalue weighted by Gasteiger charge is -2.35. The van der Waals surface area contributed by atoms with Crippen molar-refractivity contribution >= 4 is 0 Å². The minimum atomic E-state index is -0.348. The monoisotopic (exact) mass is 290 g/mol. The molecule has 3 heteroatoms. The summed E-state index contributed by atoms with van der Waals surface area (Å²) in [4.78, 5) is 4.83. The predicted molar refractivity (Wildman–Crippen MR) is 88.6 cm³/mol. The standard InChI is InChI=1S/C18H30N2O/c1-14-5-6-17(15(2)13-14)18(21)9-12-20(4)16-7-10-19(3)11-8-16/h5-6,13,16,18,21H,7-12H2,1-4H3. The molecule has 0 amide bonds. The van der Waals surface area contributed by atoms with Crippen molar-refractivity contribution < 1.29 is 5.11 Å². The Hall–Kier alpha value is -0.900. The molecule has 0 aliphatic carbocycles. The summed E-state index contributed by atoms with van der Waals surface area (Å²) in [6, 6.07) is 6.99. The summed E-state index contributed by atoms with van der Waals surface area (Å²) in [5.41, 5.74) is 3.54. The van der Waals surface area contributed by atoms with E-state index in [2.05, 4.69) is 55.9 Å². The van der Waals surface area contributed by atoms with Crippen LogP contribution in [0.4, 0.5) is 0 Å². The lowest BCUT2D eigenvalue weighted by molar-refractivity contribution is 0.109. The van der Waals surface area contributed by atoms with Crippen LogP contribution in [0.1, 0.15) is 42.1 Å². The average Bonchev–Trinajstić information content (AvgIpc) is 2.45. The molecule has 21 heavy (non-hydrogen) atoms. The average molecular weight is 290 g/mol. The van der Waals surface area contributed by atoms with Crippen LogP contribution < -0.4 is 0 Å². The van der Waals surface area contributed by atoms with Gasteiger partial charge in [-0.1, -0.05) is 23.8 Å². The Morgan fingerprint density at radius 3 is 2.57 bits per heavy atom. The Morgan fingerprint density at radius 2 is 1.95 bits per heavy atom. The van der Waals surface area contributed by atoms with Crippen molar-refractivity contribution in [3.05, 3.63) is 34.9 Å². The van der Waals surface area contributed by atoms with E-state index in [1.165, 1.54) is 37.1 Å². The molecule has 1 heterocycles. The maximum absolute atomic E-state index is 10.4. The van der Waals surface area contributed by atoms with Crippen LogP contribution in [-0.4, -0.2) is 54.7 Å². The highest BCUT2D eigenvalue weighted by atomic mass is 16.3. The van der Waals surface area contributed by atoms with Crippen LogP contribution in [0.15, 0.2) is 18.2 Å². The summed E-state index contributed by atoms with van der Waals surface area (Å²) >= 11 is 0. The van der Waals surface area contributed by atoms with Gasteiger partial charge >= 0.3 is 0 Å². The van der Waals surface area contributed by atoms with Crippen molar-refractivity contribution in [1.82, 2.24) is 9.80 Å². The van der Waals surface area contributed by atoms with Gasteiger partial charge < -0.3 is 14.9 Å². The third kappa shape index (κ3) is 4.53. The summed E-state index contributed by atoms with van der Waals surface area (Å²) in [7, 11) is 4.39. The second kappa shape index (κ2) is 7.39. The molecule has 1 fully saturated rings. The molecule has 118 valence electrons. The van der Waals surface area contributed by atoms with E-state index in [1.54, 1.807) is 0 Å². The summed E-state index contributed by atoms with van der Waals surface area (Å²) < 4.78 is 0. The molecular weight excluding hydrogens is 260 g/mol. The zero-order valence-electron chi connectivity index (χ0n) is 14.0. The minimum absolute atomic E-state index is 0.348. The highest BCUT2D eigenvalue weighted by Gasteiger charge is 2.21. The van der Waals surface area contributed by atoms with Gasteiger partial charge in [-0.25, -0.2) is 0 Å². The number of likely N-dealkylation sites (tertiary alicyclic amines) is 1. The summed E-state index contributed by atoms with van der Waals surface area (Å²) in [5.74, 6) is 0. The molecule has 1 aromatic rings. The lowest BCUT2D eigenvalue weighted by Crippen LogP contribution is -2.42. The maximum Gasteiger partial charge on any atom is 0.0804 e. The highest BCUT2D eigenvalue weighted by Crippen LogP contribution is 2.23. The largest absolute Gasteiger partial charge is 0.388 e. The molecule has 1 aliphatic rings. The zero-order valence-corrected chi connectivity index (χ0v) is 14.0. The number of benzene rings is 1. The van der Waals surface area contributed by atoms with Crippen molar-refractivity contribution in [3.63, 3.8) is 0 Å². The van der Waals surface area contributed by atoms with Crippen LogP contribution in [-0.2, 0) is 0 Å². The molecule has 1 saturated heterocycles. The first-order valence-electron chi connectivity index (χ1n) is 8.11. The molecule has 1 N–H and O–H groups in total. The van der Waals surface area contributed by atoms with E-state index in [0.717, 1.165) is 18.5 Å². The van der Waals surface area contributed by atoms with Gasteiger partial charge in [0, 0.05) is 12.6 Å². The third-order valence-corrected chi connectivity index (χ3v) is 4.85. The van der Waals surface area contributed by atoms with E-state index in [0.29, 0.717) is 6.04 Å². The van der Waals surface area contributed by atoms with Gasteiger partial charge in [-0.15, -0.1) is 0 Å². The number of piperidine rings is 1. The molecule has 1 aliphatic heterocycles. The van der Waals surface area contributed by atoms with Gasteiger partial charge in [0.1, 0.15) is 0 Å². The summed E-state index contributed by atoms with van der Waals surface area (Å²) in [5, 5.41) is 10.4. The van der Waals surface area contributed by atoms with Gasteiger partial charge in [-0.3, -0.25) is 0 Å². The van der Waals surface area contributed by atoms with Gasteiger partial charge in [-0.05, 0) is 71.4 Å². The number of rotatable bonds is 5. The molecule has 0 aromatic heterocycles. The van der Waals surface area contributed by atoms with E-state index < -0.39 is 0 Å². The predicted octanol–water partition coefficient (Wildman–Crippen LogP) is 2.75. The van der Waals surface area contributed by atoms with Gasteiger partial charge in [0.15, 0.2) is 0 Å². The first-order valence-corrected chi connectivity index (χ1v) is 8.11. The molecule has 0 bridgehead atoms. The molecule has 3 nitrogen and oxygen atoms in total. The Kier molecular flexibility index (Phi) is 5.80. The smallest absolute Gasteiger partial charge is 0.0804 e. The van der Waals surface area contributed by atoms with Gasteiger partial charge in [0.25, 0.3) is 0 Å². The summed E-state index contributed by atoms with van der Waals surface area (Å²) in [6.45, 7) is 7.52. The second-order valence-corrected chi connectivity index (χ2v) is 6.68. The topological polar surface area (TPSA) is 26.7 Å². The number of aliphatic hydroxyl groups is 1. The highest BCUT2D eigenvalue weighted by molar-refractivity contribution is 5.31. The Morgan fingerprint density at radius 1 is 1.29 bits per heavy atom. The SMILES string of the molecule is Cc1ccc(C(O)CCN(C)C2CCN(C)CC2)c(C)c1. The number of aryl methyl sites for hydroxylation is 2. The Balaban J connectivity index is 1.84. The van der Waals surface area contributed by atoms with Crippen molar-refractivity contribution in [2.45, 2.75) is 45.3 Å². The molecular formula is C18H30N2O. The fourth-order valence-corrected chi connectivity index (χ4v) is 3.30. The van der Waals surface area contributed by atoms with Crippen molar-refractivity contribution in [3.8, 4) is 0 Å². The van der Waals surface area contributed by atoms with Gasteiger partial charge in [0.2, 0.25) is 0 Å².